The summed E-state index contributed by atoms with van der Waals surface area (Å²) in [5.74, 6) is 0. The van der Waals surface area contributed by atoms with Crippen LogP contribution >= 0.6 is 8.53 Å². The van der Waals surface area contributed by atoms with E-state index in [1.54, 1.807) is 0 Å². The topological polar surface area (TPSA) is 75.0 Å². The van der Waals surface area contributed by atoms with Crippen LogP contribution in [-0.4, -0.2) is 56.3 Å². The summed E-state index contributed by atoms with van der Waals surface area (Å²) in [4.78, 5) is 0. The first-order valence-electron chi connectivity index (χ1n) is 7.32. The zero-order valence-corrected chi connectivity index (χ0v) is 13.8. The van der Waals surface area contributed by atoms with Gasteiger partial charge in [-0.2, -0.15) is 5.26 Å². The number of ether oxygens (including phenoxy) is 1. The highest BCUT2D eigenvalue weighted by Gasteiger charge is 2.26. The maximum absolute atomic E-state index is 8.61. The van der Waals surface area contributed by atoms with E-state index >= 15 is 0 Å². The van der Waals surface area contributed by atoms with E-state index in [1.165, 1.54) is 0 Å². The molecule has 0 aromatic heterocycles. The maximum Gasteiger partial charge on any atom is 0.259 e. The molecule has 0 bridgehead atoms. The van der Waals surface area contributed by atoms with Crippen LogP contribution in [0.1, 0.15) is 34.1 Å². The third-order valence-electron chi connectivity index (χ3n) is 2.32. The highest BCUT2D eigenvalue weighted by molar-refractivity contribution is 7.44. The van der Waals surface area contributed by atoms with Crippen molar-refractivity contribution in [2.75, 3.05) is 33.0 Å². The van der Waals surface area contributed by atoms with Gasteiger partial charge in [-0.15, -0.1) is 0 Å². The van der Waals surface area contributed by atoms with Crippen LogP contribution in [-0.2, 0) is 13.8 Å². The van der Waals surface area contributed by atoms with E-state index in [1.807, 2.05) is 0 Å². The molecular weight excluding hydrogens is 279 g/mol. The number of hydrogen-bond acceptors (Lipinski definition) is 6. The average Bonchev–Trinajstić information content (AvgIpc) is 2.41. The highest BCUT2D eigenvalue weighted by Crippen LogP contribution is 2.45. The van der Waals surface area contributed by atoms with Crippen molar-refractivity contribution >= 4 is 8.53 Å². The predicted molar refractivity (Wildman–Crippen MR) is 79.1 cm³/mol. The smallest absolute Gasteiger partial charge is 0.259 e. The van der Waals surface area contributed by atoms with Crippen molar-refractivity contribution in [3.8, 4) is 6.07 Å². The van der Waals surface area contributed by atoms with Crippen molar-refractivity contribution in [1.29, 1.82) is 6.69 Å². The Morgan fingerprint density at radius 1 is 1.15 bits per heavy atom. The molecule has 0 saturated heterocycles. The third kappa shape index (κ3) is 8.80. The van der Waals surface area contributed by atoms with Crippen molar-refractivity contribution in [1.82, 2.24) is 4.67 Å². The van der Waals surface area contributed by atoms with Gasteiger partial charge in [-0.1, -0.05) is 0 Å². The Hall–Kier alpha value is -0.280. The van der Waals surface area contributed by atoms with Gasteiger partial charge in [0.05, 0.1) is 45.5 Å². The molecule has 1 N–H and O–H groups in total. The Bertz CT molecular complexity index is 282. The second-order valence-corrected chi connectivity index (χ2v) is 6.15. The van der Waals surface area contributed by atoms with Crippen LogP contribution in [0.5, 0.6) is 0 Å². The van der Waals surface area contributed by atoms with Gasteiger partial charge in [0, 0.05) is 12.1 Å². The lowest BCUT2D eigenvalue weighted by Crippen LogP contribution is -2.34. The van der Waals surface area contributed by atoms with Crippen molar-refractivity contribution in [3.63, 3.8) is 0 Å². The molecule has 0 aliphatic carbocycles. The summed E-state index contributed by atoms with van der Waals surface area (Å²) in [6, 6.07) is 2.64. The van der Waals surface area contributed by atoms with E-state index in [4.69, 9.17) is 20.5 Å². The minimum absolute atomic E-state index is 0.248. The molecule has 0 amide bonds. The molecule has 0 aliphatic heterocycles. The van der Waals surface area contributed by atoms with Crippen LogP contribution in [0.2, 0.25) is 0 Å². The molecule has 0 spiro atoms. The standard InChI is InChI=1S/C13H27N2O4P/c1-12(2)15(13(3)4)20(18-8-5-6-14)19-11-10-17-9-7-16/h12-13,16H,5,7-11H2,1-4H3/i16D. The minimum Gasteiger partial charge on any atom is -0.394 e. The molecule has 0 aromatic rings. The zero-order chi connectivity index (χ0) is 16.1. The number of rotatable bonds is 13. The highest BCUT2D eigenvalue weighted by atomic mass is 31.2. The lowest BCUT2D eigenvalue weighted by molar-refractivity contribution is 0.0639. The van der Waals surface area contributed by atoms with Crippen LogP contribution < -0.4 is 0 Å². The average molecular weight is 307 g/mol. The molecule has 1 atom stereocenters. The molecule has 0 saturated carbocycles. The van der Waals surface area contributed by atoms with E-state index in [9.17, 15) is 0 Å². The van der Waals surface area contributed by atoms with Gasteiger partial charge in [-0.3, -0.25) is 0 Å². The van der Waals surface area contributed by atoms with E-state index in [-0.39, 0.29) is 18.7 Å². The fourth-order valence-electron chi connectivity index (χ4n) is 1.65. The lowest BCUT2D eigenvalue weighted by Gasteiger charge is -2.35. The van der Waals surface area contributed by atoms with Gasteiger partial charge in [0.15, 0.2) is 0 Å². The quantitative estimate of drug-likeness (QED) is 0.415. The minimum atomic E-state index is -1.21. The second-order valence-electron chi connectivity index (χ2n) is 4.70. The molecule has 0 aliphatic rings. The summed E-state index contributed by atoms with van der Waals surface area (Å²) < 4.78 is 25.5. The zero-order valence-electron chi connectivity index (χ0n) is 13.9. The molecule has 0 aromatic carbocycles. The first-order chi connectivity index (χ1) is 10.0. The van der Waals surface area contributed by atoms with Gasteiger partial charge in [0.1, 0.15) is 0 Å². The molecule has 0 heterocycles. The summed E-state index contributed by atoms with van der Waals surface area (Å²) >= 11 is 0. The van der Waals surface area contributed by atoms with Gasteiger partial charge in [-0.25, -0.2) is 4.67 Å². The van der Waals surface area contributed by atoms with E-state index in [0.717, 1.165) is 0 Å². The molecule has 7 heteroatoms. The molecule has 1 unspecified atom stereocenters. The Kier molecular flexibility index (Phi) is 11.1. The Morgan fingerprint density at radius 2 is 1.80 bits per heavy atom. The summed E-state index contributed by atoms with van der Waals surface area (Å²) in [5.41, 5.74) is 0. The predicted octanol–water partition coefficient (Wildman–Crippen LogP) is 2.29. The molecule has 0 radical (unpaired) electrons. The fraction of sp³-hybridized carbons (Fsp3) is 0.923. The molecule has 0 fully saturated rings. The number of nitrogens with zero attached hydrogens (tertiary/aromatic N) is 2. The van der Waals surface area contributed by atoms with Crippen molar-refractivity contribution in [3.05, 3.63) is 0 Å². The third-order valence-corrected chi connectivity index (χ3v) is 4.43. The second kappa shape index (κ2) is 12.5. The van der Waals surface area contributed by atoms with Crippen molar-refractivity contribution in [2.24, 2.45) is 0 Å². The summed E-state index contributed by atoms with van der Waals surface area (Å²) in [6.07, 6.45) is 0.351. The van der Waals surface area contributed by atoms with Gasteiger partial charge in [0.25, 0.3) is 8.53 Å². The normalized spacial score (nSPS) is 13.8. The van der Waals surface area contributed by atoms with Crippen LogP contribution in [0.15, 0.2) is 0 Å². The fourth-order valence-corrected chi connectivity index (χ4v) is 3.22. The number of hydrogen-bond donors (Lipinski definition) is 1. The molecule has 20 heavy (non-hydrogen) atoms. The Morgan fingerprint density at radius 3 is 2.35 bits per heavy atom. The van der Waals surface area contributed by atoms with Crippen molar-refractivity contribution < 1.29 is 18.9 Å². The van der Waals surface area contributed by atoms with Crippen LogP contribution in [0.4, 0.5) is 0 Å². The van der Waals surface area contributed by atoms with E-state index < -0.39 is 8.53 Å². The number of aliphatic hydroxyl groups excluding tert-OH is 1. The lowest BCUT2D eigenvalue weighted by atomic mass is 10.3. The van der Waals surface area contributed by atoms with Gasteiger partial charge < -0.3 is 18.9 Å². The molecule has 0 rings (SSSR count). The SMILES string of the molecule is [2H]OCCOCCOP(OCCC#N)N(C(C)C)C(C)C. The van der Waals surface area contributed by atoms with Crippen molar-refractivity contribution in [2.45, 2.75) is 46.2 Å². The first-order valence-corrected chi connectivity index (χ1v) is 8.04. The van der Waals surface area contributed by atoms with Crippen LogP contribution in [0, 0.1) is 11.3 Å². The summed E-state index contributed by atoms with van der Waals surface area (Å²) in [7, 11) is -1.21. The van der Waals surface area contributed by atoms with Gasteiger partial charge in [0.2, 0.25) is 1.43 Å². The van der Waals surface area contributed by atoms with E-state index in [0.29, 0.717) is 32.8 Å². The van der Waals surface area contributed by atoms with Crippen LogP contribution in [0.25, 0.3) is 0 Å². The van der Waals surface area contributed by atoms with Gasteiger partial charge in [-0.05, 0) is 27.7 Å². The molecule has 118 valence electrons. The maximum atomic E-state index is 8.61. The largest absolute Gasteiger partial charge is 0.394 e. The monoisotopic (exact) mass is 307 g/mol. The molecular formula is C13H27N2O4P. The summed E-state index contributed by atoms with van der Waals surface area (Å²) in [6.45, 7) is 10.2. The number of aliphatic hydroxyl groups is 1. The number of nitriles is 1. The summed E-state index contributed by atoms with van der Waals surface area (Å²) in [5, 5.41) is 12.8. The van der Waals surface area contributed by atoms with Gasteiger partial charge >= 0.3 is 0 Å². The van der Waals surface area contributed by atoms with E-state index in [2.05, 4.69) is 43.5 Å². The Labute approximate surface area is 125 Å². The first kappa shape index (κ1) is 17.8. The molecule has 6 nitrogen and oxygen atoms in total. The Balaban J connectivity index is 4.27. The van der Waals surface area contributed by atoms with Crippen LogP contribution in [0.3, 0.4) is 0 Å².